The normalized spacial score (nSPS) is 11.3. The minimum Gasteiger partial charge on any atom is -0.339 e. The zero-order chi connectivity index (χ0) is 20.2. The van der Waals surface area contributed by atoms with Crippen molar-refractivity contribution in [1.29, 1.82) is 0 Å². The fourth-order valence-corrected chi connectivity index (χ4v) is 4.03. The molecule has 0 unspecified atom stereocenters. The van der Waals surface area contributed by atoms with E-state index in [1.807, 2.05) is 13.8 Å². The molecule has 0 aliphatic carbocycles. The van der Waals surface area contributed by atoms with Crippen LogP contribution in [-0.4, -0.2) is 38.9 Å². The molecule has 2 aromatic carbocycles. The van der Waals surface area contributed by atoms with Gasteiger partial charge in [-0.25, -0.2) is 8.42 Å². The summed E-state index contributed by atoms with van der Waals surface area (Å²) in [5.41, 5.74) is 0.789. The first kappa shape index (κ1) is 21.0. The summed E-state index contributed by atoms with van der Waals surface area (Å²) in [7, 11) is -2.20. The van der Waals surface area contributed by atoms with Crippen LogP contribution in [0.1, 0.15) is 24.2 Å². The summed E-state index contributed by atoms with van der Waals surface area (Å²) >= 11 is 5.91. The van der Waals surface area contributed by atoms with Crippen LogP contribution < -0.4 is 4.31 Å². The van der Waals surface area contributed by atoms with E-state index in [1.54, 1.807) is 48.3 Å². The van der Waals surface area contributed by atoms with Gasteiger partial charge in [0.05, 0.1) is 17.1 Å². The number of carbonyl (C=O) groups excluding carboxylic acids is 1. The van der Waals surface area contributed by atoms with Gasteiger partial charge in [0.25, 0.3) is 15.9 Å². The van der Waals surface area contributed by atoms with Gasteiger partial charge in [0.1, 0.15) is 0 Å². The summed E-state index contributed by atoms with van der Waals surface area (Å²) in [6.07, 6.45) is 1.51. The molecule has 27 heavy (non-hydrogen) atoms. The van der Waals surface area contributed by atoms with Gasteiger partial charge in [-0.3, -0.25) is 9.10 Å². The third-order valence-corrected chi connectivity index (χ3v) is 6.22. The Bertz CT molecular complexity index is 924. The Hall–Kier alpha value is -2.31. The van der Waals surface area contributed by atoms with Gasteiger partial charge in [-0.05, 0) is 56.3 Å². The van der Waals surface area contributed by atoms with E-state index >= 15 is 0 Å². The van der Waals surface area contributed by atoms with Crippen LogP contribution in [0.15, 0.2) is 66.1 Å². The molecule has 0 fully saturated rings. The Morgan fingerprint density at radius 3 is 2.37 bits per heavy atom. The maximum absolute atomic E-state index is 13.2. The van der Waals surface area contributed by atoms with Crippen molar-refractivity contribution >= 4 is 33.2 Å². The van der Waals surface area contributed by atoms with Gasteiger partial charge in [-0.1, -0.05) is 23.7 Å². The Kier molecular flexibility index (Phi) is 6.68. The molecule has 0 aliphatic heterocycles. The van der Waals surface area contributed by atoms with E-state index in [2.05, 4.69) is 6.58 Å². The minimum atomic E-state index is -3.88. The number of rotatable bonds is 7. The molecular formula is C20H23ClN2O3S. The molecule has 0 atom stereocenters. The Balaban J connectivity index is 2.47. The van der Waals surface area contributed by atoms with Crippen molar-refractivity contribution in [1.82, 2.24) is 4.90 Å². The van der Waals surface area contributed by atoms with E-state index in [9.17, 15) is 13.2 Å². The first-order valence-electron chi connectivity index (χ1n) is 8.45. The van der Waals surface area contributed by atoms with Crippen LogP contribution in [0, 0.1) is 0 Å². The van der Waals surface area contributed by atoms with E-state index < -0.39 is 10.0 Å². The van der Waals surface area contributed by atoms with Crippen LogP contribution in [0.25, 0.3) is 0 Å². The summed E-state index contributed by atoms with van der Waals surface area (Å²) < 4.78 is 27.6. The predicted molar refractivity (Wildman–Crippen MR) is 110 cm³/mol. The van der Waals surface area contributed by atoms with Gasteiger partial charge in [-0.15, -0.1) is 6.58 Å². The summed E-state index contributed by atoms with van der Waals surface area (Å²) in [6.45, 7) is 7.52. The van der Waals surface area contributed by atoms with E-state index in [0.29, 0.717) is 16.3 Å². The summed E-state index contributed by atoms with van der Waals surface area (Å²) in [4.78, 5) is 14.2. The Morgan fingerprint density at radius 2 is 1.81 bits per heavy atom. The lowest BCUT2D eigenvalue weighted by Crippen LogP contribution is -2.34. The highest BCUT2D eigenvalue weighted by Crippen LogP contribution is 2.26. The second-order valence-corrected chi connectivity index (χ2v) is 8.64. The highest BCUT2D eigenvalue weighted by atomic mass is 35.5. The number of nitrogens with zero attached hydrogens (tertiary/aromatic N) is 2. The summed E-state index contributed by atoms with van der Waals surface area (Å²) in [5, 5.41) is 0.513. The minimum absolute atomic E-state index is 0.00379. The molecule has 144 valence electrons. The number of halogens is 1. The van der Waals surface area contributed by atoms with Crippen LogP contribution in [-0.2, 0) is 10.0 Å². The van der Waals surface area contributed by atoms with Gasteiger partial charge < -0.3 is 4.90 Å². The van der Waals surface area contributed by atoms with Crippen molar-refractivity contribution in [2.75, 3.05) is 17.9 Å². The zero-order valence-corrected chi connectivity index (χ0v) is 17.2. The highest BCUT2D eigenvalue weighted by Gasteiger charge is 2.25. The molecule has 0 bridgehead atoms. The molecule has 0 saturated heterocycles. The molecule has 0 radical (unpaired) electrons. The second kappa shape index (κ2) is 8.59. The van der Waals surface area contributed by atoms with Crippen molar-refractivity contribution < 1.29 is 13.2 Å². The number of anilines is 1. The molecule has 0 heterocycles. The highest BCUT2D eigenvalue weighted by molar-refractivity contribution is 7.92. The number of carbonyl (C=O) groups is 1. The molecule has 5 nitrogen and oxygen atoms in total. The number of benzene rings is 2. The lowest BCUT2D eigenvalue weighted by atomic mass is 10.2. The van der Waals surface area contributed by atoms with Gasteiger partial charge in [0.2, 0.25) is 0 Å². The van der Waals surface area contributed by atoms with Gasteiger partial charge in [0, 0.05) is 23.7 Å². The molecule has 2 rings (SSSR count). The SMILES string of the molecule is C=CCN(c1ccc(Cl)cc1)S(=O)(=O)c1cccc(C(=O)N(C)C(C)C)c1. The number of hydrogen-bond acceptors (Lipinski definition) is 3. The van der Waals surface area contributed by atoms with Crippen LogP contribution >= 0.6 is 11.6 Å². The number of hydrogen-bond donors (Lipinski definition) is 0. The smallest absolute Gasteiger partial charge is 0.264 e. The Labute approximate surface area is 165 Å². The standard InChI is InChI=1S/C20H23ClN2O3S/c1-5-13-23(18-11-9-17(21)10-12-18)27(25,26)19-8-6-7-16(14-19)20(24)22(4)15(2)3/h5-12,14-15H,1,13H2,2-4H3. The first-order chi connectivity index (χ1) is 12.7. The lowest BCUT2D eigenvalue weighted by Gasteiger charge is -2.24. The lowest BCUT2D eigenvalue weighted by molar-refractivity contribution is 0.0754. The van der Waals surface area contributed by atoms with Gasteiger partial charge in [0.15, 0.2) is 0 Å². The predicted octanol–water partition coefficient (Wildman–Crippen LogP) is 4.20. The van der Waals surface area contributed by atoms with Crippen LogP contribution in [0.4, 0.5) is 5.69 Å². The first-order valence-corrected chi connectivity index (χ1v) is 10.3. The van der Waals surface area contributed by atoms with Crippen LogP contribution in [0.5, 0.6) is 0 Å². The maximum atomic E-state index is 13.2. The van der Waals surface area contributed by atoms with Crippen LogP contribution in [0.3, 0.4) is 0 Å². The second-order valence-electron chi connectivity index (χ2n) is 6.34. The van der Waals surface area contributed by atoms with Gasteiger partial charge >= 0.3 is 0 Å². The van der Waals surface area contributed by atoms with E-state index in [4.69, 9.17) is 11.6 Å². The number of amides is 1. The van der Waals surface area contributed by atoms with Gasteiger partial charge in [-0.2, -0.15) is 0 Å². The maximum Gasteiger partial charge on any atom is 0.264 e. The fourth-order valence-electron chi connectivity index (χ4n) is 2.42. The van der Waals surface area contributed by atoms with Crippen molar-refractivity contribution in [3.8, 4) is 0 Å². The topological polar surface area (TPSA) is 57.7 Å². The summed E-state index contributed by atoms with van der Waals surface area (Å²) in [5.74, 6) is -0.233. The quantitative estimate of drug-likeness (QED) is 0.647. The van der Waals surface area contributed by atoms with E-state index in [1.165, 1.54) is 22.5 Å². The zero-order valence-electron chi connectivity index (χ0n) is 15.6. The summed E-state index contributed by atoms with van der Waals surface area (Å²) in [6, 6.07) is 12.6. The Morgan fingerprint density at radius 1 is 1.19 bits per heavy atom. The molecule has 0 N–H and O–H groups in total. The van der Waals surface area contributed by atoms with E-state index in [-0.39, 0.29) is 23.4 Å². The molecule has 1 amide bonds. The molecule has 2 aromatic rings. The molecular weight excluding hydrogens is 384 g/mol. The molecule has 0 saturated carbocycles. The number of sulfonamides is 1. The van der Waals surface area contributed by atoms with E-state index in [0.717, 1.165) is 0 Å². The third-order valence-electron chi connectivity index (χ3n) is 4.17. The average Bonchev–Trinajstić information content (AvgIpc) is 2.65. The molecule has 7 heteroatoms. The van der Waals surface area contributed by atoms with Crippen molar-refractivity contribution in [3.05, 3.63) is 71.8 Å². The van der Waals surface area contributed by atoms with Crippen molar-refractivity contribution in [2.24, 2.45) is 0 Å². The monoisotopic (exact) mass is 406 g/mol. The molecule has 0 spiro atoms. The van der Waals surface area contributed by atoms with Crippen molar-refractivity contribution in [3.63, 3.8) is 0 Å². The third kappa shape index (κ3) is 4.70. The van der Waals surface area contributed by atoms with Crippen LogP contribution in [0.2, 0.25) is 5.02 Å². The largest absolute Gasteiger partial charge is 0.339 e. The molecule has 0 aliphatic rings. The molecule has 0 aromatic heterocycles. The fraction of sp³-hybridized carbons (Fsp3) is 0.250. The van der Waals surface area contributed by atoms with Crippen molar-refractivity contribution in [2.45, 2.75) is 24.8 Å². The average molecular weight is 407 g/mol.